The fourth-order valence-corrected chi connectivity index (χ4v) is 2.03. The minimum absolute atomic E-state index is 0.0769. The van der Waals surface area contributed by atoms with E-state index in [1.807, 2.05) is 13.0 Å². The standard InChI is InChI=1S/C12H12BrN/c1-8(14)11-4-2-3-9-5-6-10(13)7-12(9)11/h2-8H,14H2,1H3. The molecule has 1 nitrogen and oxygen atoms in total. The quantitative estimate of drug-likeness (QED) is 0.821. The van der Waals surface area contributed by atoms with E-state index in [9.17, 15) is 0 Å². The first-order chi connectivity index (χ1) is 6.68. The van der Waals surface area contributed by atoms with Gasteiger partial charge in [0.15, 0.2) is 0 Å². The zero-order valence-corrected chi connectivity index (χ0v) is 9.58. The van der Waals surface area contributed by atoms with E-state index in [4.69, 9.17) is 5.73 Å². The molecule has 2 N–H and O–H groups in total. The van der Waals surface area contributed by atoms with Gasteiger partial charge in [0, 0.05) is 10.5 Å². The smallest absolute Gasteiger partial charge is 0.0272 e. The molecule has 72 valence electrons. The second-order valence-electron chi connectivity index (χ2n) is 3.50. The van der Waals surface area contributed by atoms with Gasteiger partial charge in [-0.2, -0.15) is 0 Å². The largest absolute Gasteiger partial charge is 0.324 e. The van der Waals surface area contributed by atoms with Crippen LogP contribution in [0.25, 0.3) is 10.8 Å². The first-order valence-corrected chi connectivity index (χ1v) is 5.41. The molecule has 0 aromatic heterocycles. The van der Waals surface area contributed by atoms with Crippen LogP contribution in [-0.2, 0) is 0 Å². The zero-order chi connectivity index (χ0) is 10.1. The fraction of sp³-hybridized carbons (Fsp3) is 0.167. The summed E-state index contributed by atoms with van der Waals surface area (Å²) in [6.07, 6.45) is 0. The molecule has 0 aliphatic heterocycles. The normalized spacial score (nSPS) is 13.1. The summed E-state index contributed by atoms with van der Waals surface area (Å²) >= 11 is 3.47. The molecule has 2 aromatic rings. The number of hydrogen-bond donors (Lipinski definition) is 1. The minimum atomic E-state index is 0.0769. The summed E-state index contributed by atoms with van der Waals surface area (Å²) in [6, 6.07) is 12.6. The third-order valence-corrected chi connectivity index (χ3v) is 2.86. The summed E-state index contributed by atoms with van der Waals surface area (Å²) < 4.78 is 1.10. The molecule has 0 fully saturated rings. The van der Waals surface area contributed by atoms with Gasteiger partial charge in [0.25, 0.3) is 0 Å². The summed E-state index contributed by atoms with van der Waals surface area (Å²) in [7, 11) is 0. The Balaban J connectivity index is 2.77. The van der Waals surface area contributed by atoms with Crippen LogP contribution in [0.4, 0.5) is 0 Å². The molecule has 1 unspecified atom stereocenters. The van der Waals surface area contributed by atoms with Gasteiger partial charge in [0.1, 0.15) is 0 Å². The molecule has 14 heavy (non-hydrogen) atoms. The number of halogens is 1. The molecule has 0 bridgehead atoms. The van der Waals surface area contributed by atoms with Gasteiger partial charge in [0.05, 0.1) is 0 Å². The number of rotatable bonds is 1. The molecule has 0 radical (unpaired) electrons. The van der Waals surface area contributed by atoms with E-state index in [1.165, 1.54) is 16.3 Å². The van der Waals surface area contributed by atoms with Crippen LogP contribution in [0.2, 0.25) is 0 Å². The lowest BCUT2D eigenvalue weighted by molar-refractivity contribution is 0.827. The Kier molecular flexibility index (Phi) is 2.57. The van der Waals surface area contributed by atoms with Crippen LogP contribution in [0.3, 0.4) is 0 Å². The van der Waals surface area contributed by atoms with Crippen LogP contribution in [0.15, 0.2) is 40.9 Å². The zero-order valence-electron chi connectivity index (χ0n) is 8.00. The average molecular weight is 250 g/mol. The summed E-state index contributed by atoms with van der Waals surface area (Å²) in [4.78, 5) is 0. The van der Waals surface area contributed by atoms with Crippen molar-refractivity contribution >= 4 is 26.7 Å². The molecule has 0 saturated carbocycles. The van der Waals surface area contributed by atoms with E-state index in [0.29, 0.717) is 0 Å². The van der Waals surface area contributed by atoms with Gasteiger partial charge in [-0.25, -0.2) is 0 Å². The van der Waals surface area contributed by atoms with E-state index in [0.717, 1.165) is 4.47 Å². The van der Waals surface area contributed by atoms with Crippen LogP contribution in [0.5, 0.6) is 0 Å². The first kappa shape index (κ1) is 9.69. The molecule has 1 atom stereocenters. The van der Waals surface area contributed by atoms with Crippen molar-refractivity contribution < 1.29 is 0 Å². The molecule has 0 amide bonds. The number of fused-ring (bicyclic) bond motifs is 1. The maximum Gasteiger partial charge on any atom is 0.0272 e. The first-order valence-electron chi connectivity index (χ1n) is 4.62. The molecule has 0 aliphatic rings. The molecular weight excluding hydrogens is 238 g/mol. The predicted molar refractivity (Wildman–Crippen MR) is 64.3 cm³/mol. The van der Waals surface area contributed by atoms with E-state index in [1.54, 1.807) is 0 Å². The summed E-state index contributed by atoms with van der Waals surface area (Å²) in [5.74, 6) is 0. The molecule has 2 heteroatoms. The van der Waals surface area contributed by atoms with Gasteiger partial charge in [-0.15, -0.1) is 0 Å². The third kappa shape index (κ3) is 1.68. The highest BCUT2D eigenvalue weighted by Gasteiger charge is 2.04. The van der Waals surface area contributed by atoms with Crippen LogP contribution in [-0.4, -0.2) is 0 Å². The van der Waals surface area contributed by atoms with Crippen LogP contribution >= 0.6 is 15.9 Å². The van der Waals surface area contributed by atoms with Crippen molar-refractivity contribution in [2.75, 3.05) is 0 Å². The van der Waals surface area contributed by atoms with Gasteiger partial charge in [-0.3, -0.25) is 0 Å². The SMILES string of the molecule is CC(N)c1cccc2ccc(Br)cc12. The highest BCUT2D eigenvalue weighted by atomic mass is 79.9. The van der Waals surface area contributed by atoms with E-state index in [-0.39, 0.29) is 6.04 Å². The highest BCUT2D eigenvalue weighted by molar-refractivity contribution is 9.10. The lowest BCUT2D eigenvalue weighted by atomic mass is 10.0. The second kappa shape index (κ2) is 3.71. The molecular formula is C12H12BrN. The van der Waals surface area contributed by atoms with E-state index < -0.39 is 0 Å². The topological polar surface area (TPSA) is 26.0 Å². The number of hydrogen-bond acceptors (Lipinski definition) is 1. The van der Waals surface area contributed by atoms with Gasteiger partial charge < -0.3 is 5.73 Å². The monoisotopic (exact) mass is 249 g/mol. The Labute approximate surface area is 92.1 Å². The van der Waals surface area contributed by atoms with E-state index >= 15 is 0 Å². The van der Waals surface area contributed by atoms with Crippen molar-refractivity contribution in [3.63, 3.8) is 0 Å². The summed E-state index contributed by atoms with van der Waals surface area (Å²) in [5, 5.41) is 2.47. The summed E-state index contributed by atoms with van der Waals surface area (Å²) in [5.41, 5.74) is 7.11. The Hall–Kier alpha value is -0.860. The van der Waals surface area contributed by atoms with Crippen molar-refractivity contribution in [2.45, 2.75) is 13.0 Å². The Morgan fingerprint density at radius 2 is 2.00 bits per heavy atom. The van der Waals surface area contributed by atoms with Gasteiger partial charge in [0.2, 0.25) is 0 Å². The summed E-state index contributed by atoms with van der Waals surface area (Å²) in [6.45, 7) is 2.01. The number of benzene rings is 2. The van der Waals surface area contributed by atoms with Gasteiger partial charge in [-0.05, 0) is 35.4 Å². The lowest BCUT2D eigenvalue weighted by Gasteiger charge is -2.09. The minimum Gasteiger partial charge on any atom is -0.324 e. The maximum atomic E-state index is 5.91. The predicted octanol–water partition coefficient (Wildman–Crippen LogP) is 3.62. The van der Waals surface area contributed by atoms with Crippen molar-refractivity contribution in [2.24, 2.45) is 5.73 Å². The lowest BCUT2D eigenvalue weighted by Crippen LogP contribution is -2.05. The molecule has 0 heterocycles. The average Bonchev–Trinajstić information content (AvgIpc) is 2.16. The Bertz CT molecular complexity index is 463. The molecule has 0 spiro atoms. The van der Waals surface area contributed by atoms with Crippen molar-refractivity contribution in [3.8, 4) is 0 Å². The van der Waals surface area contributed by atoms with Crippen molar-refractivity contribution in [1.82, 2.24) is 0 Å². The van der Waals surface area contributed by atoms with Crippen molar-refractivity contribution in [1.29, 1.82) is 0 Å². The van der Waals surface area contributed by atoms with Crippen LogP contribution in [0, 0.1) is 0 Å². The second-order valence-corrected chi connectivity index (χ2v) is 4.42. The molecule has 2 rings (SSSR count). The van der Waals surface area contributed by atoms with Crippen LogP contribution < -0.4 is 5.73 Å². The Morgan fingerprint density at radius 3 is 2.71 bits per heavy atom. The molecule has 2 aromatic carbocycles. The van der Waals surface area contributed by atoms with E-state index in [2.05, 4.69) is 46.3 Å². The maximum absolute atomic E-state index is 5.91. The molecule has 0 saturated heterocycles. The van der Waals surface area contributed by atoms with Gasteiger partial charge in [-0.1, -0.05) is 40.2 Å². The molecule has 0 aliphatic carbocycles. The third-order valence-electron chi connectivity index (χ3n) is 2.37. The van der Waals surface area contributed by atoms with Crippen LogP contribution in [0.1, 0.15) is 18.5 Å². The van der Waals surface area contributed by atoms with Gasteiger partial charge >= 0.3 is 0 Å². The van der Waals surface area contributed by atoms with Crippen molar-refractivity contribution in [3.05, 3.63) is 46.4 Å². The number of nitrogens with two attached hydrogens (primary N) is 1. The fourth-order valence-electron chi connectivity index (χ4n) is 1.67. The highest BCUT2D eigenvalue weighted by Crippen LogP contribution is 2.25. The Morgan fingerprint density at radius 1 is 1.21 bits per heavy atom.